The number of amides is 4. The van der Waals surface area contributed by atoms with Gasteiger partial charge in [0.25, 0.3) is 33.7 Å². The lowest BCUT2D eigenvalue weighted by Crippen LogP contribution is -2.35. The van der Waals surface area contributed by atoms with Crippen molar-refractivity contribution in [1.82, 2.24) is 9.96 Å². The normalized spacial score (nSPS) is 21.9. The molecule has 2 aliphatic heterocycles. The highest BCUT2D eigenvalue weighted by Gasteiger charge is 2.46. The standard InChI is InChI=1S/C12H14N2O8S/c15-9-3-4-10(16)13(9)5-1-2-6-22-14-11(17)7-8(12(14)18)23(19,20)21/h3-4,8H,1-2,5-7H2,(H,19,20,21). The van der Waals surface area contributed by atoms with Crippen LogP contribution in [0.3, 0.4) is 0 Å². The van der Waals surface area contributed by atoms with Gasteiger partial charge >= 0.3 is 0 Å². The van der Waals surface area contributed by atoms with Gasteiger partial charge in [0.05, 0.1) is 13.0 Å². The zero-order chi connectivity index (χ0) is 17.2. The third-order valence-corrected chi connectivity index (χ3v) is 4.41. The lowest BCUT2D eigenvalue weighted by Gasteiger charge is -2.15. The topological polar surface area (TPSA) is 138 Å². The van der Waals surface area contributed by atoms with Gasteiger partial charge in [0.1, 0.15) is 0 Å². The Kier molecular flexibility index (Phi) is 4.92. The molecule has 0 aromatic rings. The van der Waals surface area contributed by atoms with Gasteiger partial charge in [0.15, 0.2) is 5.25 Å². The Labute approximate surface area is 131 Å². The summed E-state index contributed by atoms with van der Waals surface area (Å²) < 4.78 is 30.7. The van der Waals surface area contributed by atoms with E-state index < -0.39 is 45.4 Å². The highest BCUT2D eigenvalue weighted by molar-refractivity contribution is 7.87. The van der Waals surface area contributed by atoms with E-state index in [1.165, 1.54) is 0 Å². The van der Waals surface area contributed by atoms with Crippen LogP contribution in [0.4, 0.5) is 0 Å². The molecule has 2 heterocycles. The molecule has 10 nitrogen and oxygen atoms in total. The number of rotatable bonds is 7. The number of carbonyl (C=O) groups is 4. The average molecular weight is 346 g/mol. The molecule has 1 atom stereocenters. The van der Waals surface area contributed by atoms with Crippen LogP contribution in [-0.4, -0.2) is 65.0 Å². The van der Waals surface area contributed by atoms with Crippen molar-refractivity contribution in [3.8, 4) is 0 Å². The highest BCUT2D eigenvalue weighted by atomic mass is 32.2. The van der Waals surface area contributed by atoms with Crippen molar-refractivity contribution in [3.63, 3.8) is 0 Å². The van der Waals surface area contributed by atoms with Crippen LogP contribution < -0.4 is 0 Å². The number of imide groups is 2. The minimum absolute atomic E-state index is 0.0840. The molecule has 2 aliphatic rings. The molecule has 11 heteroatoms. The summed E-state index contributed by atoms with van der Waals surface area (Å²) in [4.78, 5) is 51.7. The number of hydrogen-bond donors (Lipinski definition) is 1. The molecule has 1 unspecified atom stereocenters. The van der Waals surface area contributed by atoms with Crippen molar-refractivity contribution < 1.29 is 37.0 Å². The maximum atomic E-state index is 11.7. The molecule has 4 amide bonds. The van der Waals surface area contributed by atoms with Crippen LogP contribution in [0.2, 0.25) is 0 Å². The van der Waals surface area contributed by atoms with E-state index in [1.54, 1.807) is 0 Å². The highest BCUT2D eigenvalue weighted by Crippen LogP contribution is 2.19. The van der Waals surface area contributed by atoms with E-state index in [-0.39, 0.29) is 13.2 Å². The minimum Gasteiger partial charge on any atom is -0.285 e. The molecule has 0 aromatic carbocycles. The first-order chi connectivity index (χ1) is 10.7. The monoisotopic (exact) mass is 346 g/mol. The number of nitrogens with zero attached hydrogens (tertiary/aromatic N) is 2. The molecular formula is C12H14N2O8S. The van der Waals surface area contributed by atoms with Crippen LogP contribution in [0, 0.1) is 0 Å². The van der Waals surface area contributed by atoms with Gasteiger partial charge in [-0.3, -0.25) is 33.5 Å². The first-order valence-corrected chi connectivity index (χ1v) is 8.21. The summed E-state index contributed by atoms with van der Waals surface area (Å²) in [6.07, 6.45) is 2.37. The fraction of sp³-hybridized carbons (Fsp3) is 0.500. The predicted octanol–water partition coefficient (Wildman–Crippen LogP) is -1.36. The van der Waals surface area contributed by atoms with Gasteiger partial charge in [-0.1, -0.05) is 0 Å². The van der Waals surface area contributed by atoms with E-state index in [1.807, 2.05) is 0 Å². The number of hydrogen-bond acceptors (Lipinski definition) is 7. The Bertz CT molecular complexity index is 665. The Hall–Kier alpha value is -2.11. The Morgan fingerprint density at radius 3 is 2.26 bits per heavy atom. The molecule has 0 aromatic heterocycles. The van der Waals surface area contributed by atoms with Crippen molar-refractivity contribution >= 4 is 33.7 Å². The van der Waals surface area contributed by atoms with E-state index in [4.69, 9.17) is 9.39 Å². The molecule has 2 rings (SSSR count). The molecule has 0 aliphatic carbocycles. The maximum Gasteiger partial charge on any atom is 0.277 e. The van der Waals surface area contributed by atoms with Gasteiger partial charge in [-0.15, -0.1) is 0 Å². The predicted molar refractivity (Wildman–Crippen MR) is 72.9 cm³/mol. The van der Waals surface area contributed by atoms with E-state index in [0.717, 1.165) is 17.1 Å². The maximum absolute atomic E-state index is 11.7. The van der Waals surface area contributed by atoms with Crippen LogP contribution in [0.1, 0.15) is 19.3 Å². The molecule has 1 fully saturated rings. The summed E-state index contributed by atoms with van der Waals surface area (Å²) >= 11 is 0. The van der Waals surface area contributed by atoms with Gasteiger partial charge < -0.3 is 0 Å². The molecule has 0 radical (unpaired) electrons. The Morgan fingerprint density at radius 1 is 1.13 bits per heavy atom. The van der Waals surface area contributed by atoms with Gasteiger partial charge in [-0.25, -0.2) is 0 Å². The molecule has 126 valence electrons. The van der Waals surface area contributed by atoms with Crippen molar-refractivity contribution in [3.05, 3.63) is 12.2 Å². The second-order valence-corrected chi connectivity index (χ2v) is 6.53. The Balaban J connectivity index is 1.74. The third-order valence-electron chi connectivity index (χ3n) is 3.32. The number of hydroxylamine groups is 2. The van der Waals surface area contributed by atoms with Crippen molar-refractivity contribution in [2.45, 2.75) is 24.5 Å². The van der Waals surface area contributed by atoms with Gasteiger partial charge in [0.2, 0.25) is 0 Å². The molecule has 0 saturated carbocycles. The van der Waals surface area contributed by atoms with E-state index in [9.17, 15) is 27.6 Å². The third kappa shape index (κ3) is 3.81. The zero-order valence-electron chi connectivity index (χ0n) is 11.9. The second kappa shape index (κ2) is 6.56. The van der Waals surface area contributed by atoms with Crippen molar-refractivity contribution in [2.24, 2.45) is 0 Å². The average Bonchev–Trinajstić information content (AvgIpc) is 2.92. The largest absolute Gasteiger partial charge is 0.285 e. The van der Waals surface area contributed by atoms with Gasteiger partial charge in [-0.05, 0) is 12.8 Å². The van der Waals surface area contributed by atoms with E-state index >= 15 is 0 Å². The lowest BCUT2D eigenvalue weighted by molar-refractivity contribution is -0.187. The van der Waals surface area contributed by atoms with Crippen LogP contribution >= 0.6 is 0 Å². The zero-order valence-corrected chi connectivity index (χ0v) is 12.7. The van der Waals surface area contributed by atoms with Crippen LogP contribution in [0.15, 0.2) is 12.2 Å². The minimum atomic E-state index is -4.66. The quantitative estimate of drug-likeness (QED) is 0.339. The van der Waals surface area contributed by atoms with Crippen LogP contribution in [0.5, 0.6) is 0 Å². The molecule has 23 heavy (non-hydrogen) atoms. The fourth-order valence-corrected chi connectivity index (χ4v) is 2.83. The lowest BCUT2D eigenvalue weighted by atomic mass is 10.3. The number of unbranched alkanes of at least 4 members (excludes halogenated alkanes) is 1. The van der Waals surface area contributed by atoms with Gasteiger partial charge in [-0.2, -0.15) is 13.5 Å². The van der Waals surface area contributed by atoms with E-state index in [2.05, 4.69) is 0 Å². The molecule has 0 bridgehead atoms. The first kappa shape index (κ1) is 17.2. The molecular weight excluding hydrogens is 332 g/mol. The van der Waals surface area contributed by atoms with Crippen molar-refractivity contribution in [2.75, 3.05) is 13.2 Å². The van der Waals surface area contributed by atoms with Crippen LogP contribution in [-0.2, 0) is 34.1 Å². The van der Waals surface area contributed by atoms with Crippen molar-refractivity contribution in [1.29, 1.82) is 0 Å². The molecule has 1 N–H and O–H groups in total. The van der Waals surface area contributed by atoms with E-state index in [0.29, 0.717) is 17.9 Å². The second-order valence-electron chi connectivity index (χ2n) is 4.94. The fourth-order valence-electron chi connectivity index (χ4n) is 2.13. The SMILES string of the molecule is O=C1C=CC(=O)N1CCCCON1C(=O)CC(S(=O)(=O)O)C1=O. The summed E-state index contributed by atoms with van der Waals surface area (Å²) in [5.74, 6) is -2.80. The smallest absolute Gasteiger partial charge is 0.277 e. The first-order valence-electron chi connectivity index (χ1n) is 6.71. The Morgan fingerprint density at radius 2 is 1.74 bits per heavy atom. The summed E-state index contributed by atoms with van der Waals surface area (Å²) in [5.41, 5.74) is 0. The van der Waals surface area contributed by atoms with Crippen LogP contribution in [0.25, 0.3) is 0 Å². The number of carbonyl (C=O) groups excluding carboxylic acids is 4. The molecule has 0 spiro atoms. The molecule has 1 saturated heterocycles. The summed E-state index contributed by atoms with van der Waals surface area (Å²) in [7, 11) is -4.66. The summed E-state index contributed by atoms with van der Waals surface area (Å²) in [5, 5.41) is -1.51. The van der Waals surface area contributed by atoms with Gasteiger partial charge in [0, 0.05) is 18.7 Å². The summed E-state index contributed by atoms with van der Waals surface area (Å²) in [6, 6.07) is 0. The summed E-state index contributed by atoms with van der Waals surface area (Å²) in [6.45, 7) is 0.0862.